The van der Waals surface area contributed by atoms with Crippen molar-refractivity contribution in [2.45, 2.75) is 24.8 Å². The van der Waals surface area contributed by atoms with E-state index in [2.05, 4.69) is 4.72 Å². The third-order valence-corrected chi connectivity index (χ3v) is 4.92. The lowest BCUT2D eigenvalue weighted by molar-refractivity contribution is 0.571. The molecule has 0 aliphatic heterocycles. The van der Waals surface area contributed by atoms with Crippen LogP contribution in [0, 0.1) is 13.8 Å². The molecule has 2 aromatic carbocycles. The molecule has 1 unspecified atom stereocenters. The summed E-state index contributed by atoms with van der Waals surface area (Å²) >= 11 is 0. The first kappa shape index (κ1) is 15.7. The maximum atomic E-state index is 12.3. The number of rotatable bonds is 5. The Labute approximate surface area is 126 Å². The van der Waals surface area contributed by atoms with Gasteiger partial charge in [-0.05, 0) is 31.0 Å². The summed E-state index contributed by atoms with van der Waals surface area (Å²) in [5, 5.41) is 0. The van der Waals surface area contributed by atoms with Crippen molar-refractivity contribution < 1.29 is 8.42 Å². The Balaban J connectivity index is 2.11. The van der Waals surface area contributed by atoms with Gasteiger partial charge >= 0.3 is 0 Å². The van der Waals surface area contributed by atoms with Gasteiger partial charge in [-0.25, -0.2) is 13.1 Å². The lowest BCUT2D eigenvalue weighted by atomic mass is 10.1. The lowest BCUT2D eigenvalue weighted by Gasteiger charge is -2.14. The minimum Gasteiger partial charge on any atom is -0.323 e. The van der Waals surface area contributed by atoms with Gasteiger partial charge in [0.2, 0.25) is 10.0 Å². The summed E-state index contributed by atoms with van der Waals surface area (Å²) in [6, 6.07) is 14.3. The van der Waals surface area contributed by atoms with Crippen molar-refractivity contribution in [3.05, 3.63) is 65.2 Å². The van der Waals surface area contributed by atoms with Crippen LogP contribution in [0.3, 0.4) is 0 Å². The predicted octanol–water partition coefficient (Wildman–Crippen LogP) is 2.28. The number of aryl methyl sites for hydroxylation is 2. The molecule has 0 amide bonds. The minimum atomic E-state index is -3.54. The topological polar surface area (TPSA) is 72.2 Å². The molecule has 4 nitrogen and oxygen atoms in total. The fourth-order valence-corrected chi connectivity index (χ4v) is 3.48. The summed E-state index contributed by atoms with van der Waals surface area (Å²) in [7, 11) is -3.54. The Bertz CT molecular complexity index is 712. The Hall–Kier alpha value is -1.69. The predicted molar refractivity (Wildman–Crippen MR) is 84.5 cm³/mol. The van der Waals surface area contributed by atoms with Crippen molar-refractivity contribution in [2.24, 2.45) is 5.73 Å². The van der Waals surface area contributed by atoms with E-state index < -0.39 is 10.0 Å². The molecule has 1 atom stereocenters. The van der Waals surface area contributed by atoms with Crippen molar-refractivity contribution in [3.63, 3.8) is 0 Å². The van der Waals surface area contributed by atoms with E-state index in [9.17, 15) is 8.42 Å². The third kappa shape index (κ3) is 3.91. The average molecular weight is 304 g/mol. The highest BCUT2D eigenvalue weighted by Crippen LogP contribution is 2.17. The maximum Gasteiger partial charge on any atom is 0.240 e. The second-order valence-corrected chi connectivity index (χ2v) is 6.87. The molecule has 5 heteroatoms. The first-order valence-corrected chi connectivity index (χ1v) is 8.26. The molecule has 0 fully saturated rings. The third-order valence-electron chi connectivity index (χ3n) is 3.34. The summed E-state index contributed by atoms with van der Waals surface area (Å²) in [6.07, 6.45) is 0. The van der Waals surface area contributed by atoms with Crippen LogP contribution in [0.1, 0.15) is 22.7 Å². The Kier molecular flexibility index (Phi) is 4.77. The zero-order chi connectivity index (χ0) is 15.5. The maximum absolute atomic E-state index is 12.3. The summed E-state index contributed by atoms with van der Waals surface area (Å²) in [5.74, 6) is 0. The second kappa shape index (κ2) is 6.39. The lowest BCUT2D eigenvalue weighted by Crippen LogP contribution is -2.32. The van der Waals surface area contributed by atoms with Crippen molar-refractivity contribution in [3.8, 4) is 0 Å². The van der Waals surface area contributed by atoms with Gasteiger partial charge in [-0.2, -0.15) is 0 Å². The van der Waals surface area contributed by atoms with E-state index in [1.807, 2.05) is 43.3 Å². The van der Waals surface area contributed by atoms with E-state index in [-0.39, 0.29) is 12.6 Å². The van der Waals surface area contributed by atoms with Crippen LogP contribution >= 0.6 is 0 Å². The Morgan fingerprint density at radius 2 is 1.76 bits per heavy atom. The molecule has 0 aliphatic carbocycles. The molecule has 0 saturated carbocycles. The fraction of sp³-hybridized carbons (Fsp3) is 0.250. The Morgan fingerprint density at radius 3 is 2.38 bits per heavy atom. The van der Waals surface area contributed by atoms with Gasteiger partial charge in [0.1, 0.15) is 0 Å². The van der Waals surface area contributed by atoms with Crippen LogP contribution in [-0.2, 0) is 10.0 Å². The molecular formula is C16H20N2O2S. The largest absolute Gasteiger partial charge is 0.323 e. The normalized spacial score (nSPS) is 13.1. The van der Waals surface area contributed by atoms with Crippen molar-refractivity contribution >= 4 is 10.0 Å². The van der Waals surface area contributed by atoms with Gasteiger partial charge in [-0.15, -0.1) is 0 Å². The molecule has 3 N–H and O–H groups in total. The second-order valence-electron chi connectivity index (χ2n) is 5.14. The zero-order valence-corrected chi connectivity index (χ0v) is 13.0. The van der Waals surface area contributed by atoms with E-state index in [0.717, 1.165) is 16.7 Å². The molecule has 2 rings (SSSR count). The van der Waals surface area contributed by atoms with Gasteiger partial charge in [0.25, 0.3) is 0 Å². The van der Waals surface area contributed by atoms with Crippen molar-refractivity contribution in [1.82, 2.24) is 4.72 Å². The minimum absolute atomic E-state index is 0.166. The summed E-state index contributed by atoms with van der Waals surface area (Å²) in [4.78, 5) is 0.299. The first-order chi connectivity index (χ1) is 9.90. The highest BCUT2D eigenvalue weighted by atomic mass is 32.2. The zero-order valence-electron chi connectivity index (χ0n) is 12.2. The van der Waals surface area contributed by atoms with Crippen LogP contribution in [-0.4, -0.2) is 15.0 Å². The highest BCUT2D eigenvalue weighted by Gasteiger charge is 2.18. The van der Waals surface area contributed by atoms with Crippen LogP contribution in [0.2, 0.25) is 0 Å². The van der Waals surface area contributed by atoms with Crippen molar-refractivity contribution in [1.29, 1.82) is 0 Å². The molecule has 0 heterocycles. The van der Waals surface area contributed by atoms with E-state index >= 15 is 0 Å². The van der Waals surface area contributed by atoms with Gasteiger partial charge in [0, 0.05) is 12.6 Å². The molecule has 0 bridgehead atoms. The molecule has 0 radical (unpaired) electrons. The molecule has 21 heavy (non-hydrogen) atoms. The average Bonchev–Trinajstić information content (AvgIpc) is 2.45. The number of benzene rings is 2. The monoisotopic (exact) mass is 304 g/mol. The number of nitrogens with one attached hydrogen (secondary N) is 1. The highest BCUT2D eigenvalue weighted by molar-refractivity contribution is 7.89. The molecule has 112 valence electrons. The van der Waals surface area contributed by atoms with Gasteiger partial charge in [-0.1, -0.05) is 48.0 Å². The Morgan fingerprint density at radius 1 is 1.10 bits per heavy atom. The van der Waals surface area contributed by atoms with E-state index in [4.69, 9.17) is 5.73 Å². The summed E-state index contributed by atoms with van der Waals surface area (Å²) in [6.45, 7) is 3.89. The number of nitrogens with two attached hydrogens (primary N) is 1. The summed E-state index contributed by atoms with van der Waals surface area (Å²) < 4.78 is 27.2. The van der Waals surface area contributed by atoms with Gasteiger partial charge in [-0.3, -0.25) is 0 Å². The number of hydrogen-bond donors (Lipinski definition) is 2. The van der Waals surface area contributed by atoms with E-state index in [1.54, 1.807) is 19.1 Å². The first-order valence-electron chi connectivity index (χ1n) is 6.77. The van der Waals surface area contributed by atoms with Crippen molar-refractivity contribution in [2.75, 3.05) is 6.54 Å². The van der Waals surface area contributed by atoms with Crippen LogP contribution < -0.4 is 10.5 Å². The smallest absolute Gasteiger partial charge is 0.240 e. The molecular weight excluding hydrogens is 284 g/mol. The standard InChI is InChI=1S/C16H20N2O2S/c1-12-8-9-16(13(2)10-12)21(19,20)18-11-15(17)14-6-4-3-5-7-14/h3-10,15,18H,11,17H2,1-2H3. The SMILES string of the molecule is Cc1ccc(S(=O)(=O)NCC(N)c2ccccc2)c(C)c1. The van der Waals surface area contributed by atoms with Crippen LogP contribution in [0.15, 0.2) is 53.4 Å². The molecule has 0 spiro atoms. The fourth-order valence-electron chi connectivity index (χ4n) is 2.20. The molecule has 2 aromatic rings. The number of hydrogen-bond acceptors (Lipinski definition) is 3. The van der Waals surface area contributed by atoms with Gasteiger partial charge < -0.3 is 5.73 Å². The van der Waals surface area contributed by atoms with Crippen LogP contribution in [0.25, 0.3) is 0 Å². The van der Waals surface area contributed by atoms with Gasteiger partial charge in [0.15, 0.2) is 0 Å². The molecule has 0 saturated heterocycles. The van der Waals surface area contributed by atoms with Crippen LogP contribution in [0.5, 0.6) is 0 Å². The van der Waals surface area contributed by atoms with E-state index in [1.165, 1.54) is 0 Å². The quantitative estimate of drug-likeness (QED) is 0.890. The number of sulfonamides is 1. The molecule has 0 aliphatic rings. The summed E-state index contributed by atoms with van der Waals surface area (Å²) in [5.41, 5.74) is 8.69. The van der Waals surface area contributed by atoms with Crippen LogP contribution in [0.4, 0.5) is 0 Å². The van der Waals surface area contributed by atoms with Gasteiger partial charge in [0.05, 0.1) is 4.90 Å². The van der Waals surface area contributed by atoms with E-state index in [0.29, 0.717) is 4.90 Å². The molecule has 0 aromatic heterocycles.